The smallest absolute Gasteiger partial charge is 0.237 e. The molecule has 1 heterocycles. The van der Waals surface area contributed by atoms with E-state index in [2.05, 4.69) is 16.9 Å². The van der Waals surface area contributed by atoms with E-state index in [0.29, 0.717) is 25.6 Å². The zero-order valence-corrected chi connectivity index (χ0v) is 12.2. The van der Waals surface area contributed by atoms with Gasteiger partial charge in [-0.1, -0.05) is 30.9 Å². The minimum absolute atomic E-state index is 0.494. The van der Waals surface area contributed by atoms with Crippen molar-refractivity contribution in [2.24, 2.45) is 0 Å². The van der Waals surface area contributed by atoms with Crippen molar-refractivity contribution in [1.82, 2.24) is 4.98 Å². The second kappa shape index (κ2) is 7.94. The van der Waals surface area contributed by atoms with Crippen molar-refractivity contribution in [3.63, 3.8) is 0 Å². The van der Waals surface area contributed by atoms with E-state index in [1.165, 1.54) is 0 Å². The summed E-state index contributed by atoms with van der Waals surface area (Å²) in [6.45, 7) is 7.33. The number of aromatic nitrogens is 1. The normalized spacial score (nSPS) is 9.95. The van der Waals surface area contributed by atoms with Crippen molar-refractivity contribution < 1.29 is 9.47 Å². The highest BCUT2D eigenvalue weighted by molar-refractivity contribution is 5.53. The van der Waals surface area contributed by atoms with Crippen LogP contribution in [0.4, 0.5) is 5.69 Å². The molecule has 0 aliphatic heterocycles. The summed E-state index contributed by atoms with van der Waals surface area (Å²) in [5.74, 6) is 1.47. The molecule has 1 aromatic heterocycles. The Morgan fingerprint density at radius 2 is 2.05 bits per heavy atom. The van der Waals surface area contributed by atoms with Gasteiger partial charge in [-0.05, 0) is 25.1 Å². The van der Waals surface area contributed by atoms with Crippen LogP contribution >= 0.6 is 0 Å². The van der Waals surface area contributed by atoms with Gasteiger partial charge >= 0.3 is 0 Å². The van der Waals surface area contributed by atoms with Gasteiger partial charge in [0.05, 0.1) is 12.3 Å². The van der Waals surface area contributed by atoms with Crippen LogP contribution in [0, 0.1) is 0 Å². The minimum Gasteiger partial charge on any atom is -0.489 e. The minimum atomic E-state index is 0.494. The van der Waals surface area contributed by atoms with Crippen molar-refractivity contribution in [2.45, 2.75) is 13.5 Å². The van der Waals surface area contributed by atoms with Crippen molar-refractivity contribution in [2.75, 3.05) is 18.5 Å². The summed E-state index contributed by atoms with van der Waals surface area (Å²) >= 11 is 0. The van der Waals surface area contributed by atoms with Crippen LogP contribution in [0.1, 0.15) is 12.5 Å². The van der Waals surface area contributed by atoms with Crippen LogP contribution in [0.3, 0.4) is 0 Å². The fourth-order valence-corrected chi connectivity index (χ4v) is 1.91. The molecule has 0 atom stereocenters. The lowest BCUT2D eigenvalue weighted by Crippen LogP contribution is -2.06. The molecule has 2 aromatic rings. The molecule has 1 N–H and O–H groups in total. The van der Waals surface area contributed by atoms with E-state index < -0.39 is 0 Å². The number of rotatable bonds is 8. The first kappa shape index (κ1) is 14.9. The number of hydrogen-bond donors (Lipinski definition) is 1. The molecule has 0 fully saturated rings. The topological polar surface area (TPSA) is 43.4 Å². The lowest BCUT2D eigenvalue weighted by molar-refractivity contribution is 0.328. The lowest BCUT2D eigenvalue weighted by Gasteiger charge is -2.13. The summed E-state index contributed by atoms with van der Waals surface area (Å²) < 4.78 is 11.1. The Kier molecular flexibility index (Phi) is 5.64. The van der Waals surface area contributed by atoms with Gasteiger partial charge in [0.1, 0.15) is 12.4 Å². The molecule has 2 rings (SSSR count). The van der Waals surface area contributed by atoms with E-state index in [1.54, 1.807) is 12.3 Å². The van der Waals surface area contributed by atoms with E-state index >= 15 is 0 Å². The molecule has 0 spiro atoms. The molecule has 4 nitrogen and oxygen atoms in total. The Hall–Kier alpha value is -2.49. The molecule has 110 valence electrons. The molecule has 0 bridgehead atoms. The summed E-state index contributed by atoms with van der Waals surface area (Å²) in [4.78, 5) is 4.22. The average Bonchev–Trinajstić information content (AvgIpc) is 2.53. The molecule has 0 saturated heterocycles. The second-order valence-electron chi connectivity index (χ2n) is 4.35. The van der Waals surface area contributed by atoms with Gasteiger partial charge in [0.25, 0.3) is 0 Å². The highest BCUT2D eigenvalue weighted by Crippen LogP contribution is 2.24. The standard InChI is InChI=1S/C17H20N2O2/c1-3-12-21-16-10-6-5-8-14(16)13-19-15-9-7-11-18-17(15)20-4-2/h3,5-11,19H,1,4,12-13H2,2H3. The van der Waals surface area contributed by atoms with Crippen molar-refractivity contribution >= 4 is 5.69 Å². The lowest BCUT2D eigenvalue weighted by atomic mass is 10.2. The molecule has 0 aliphatic rings. The molecule has 1 aromatic carbocycles. The van der Waals surface area contributed by atoms with Crippen LogP contribution in [-0.2, 0) is 6.54 Å². The molecular weight excluding hydrogens is 264 g/mol. The zero-order valence-electron chi connectivity index (χ0n) is 12.2. The summed E-state index contributed by atoms with van der Waals surface area (Å²) in [7, 11) is 0. The number of nitrogens with one attached hydrogen (secondary N) is 1. The fourth-order valence-electron chi connectivity index (χ4n) is 1.91. The number of nitrogens with zero attached hydrogens (tertiary/aromatic N) is 1. The van der Waals surface area contributed by atoms with Gasteiger partial charge in [-0.3, -0.25) is 0 Å². The van der Waals surface area contributed by atoms with E-state index in [9.17, 15) is 0 Å². The molecule has 0 aliphatic carbocycles. The van der Waals surface area contributed by atoms with E-state index in [0.717, 1.165) is 17.0 Å². The largest absolute Gasteiger partial charge is 0.489 e. The number of benzene rings is 1. The van der Waals surface area contributed by atoms with E-state index in [-0.39, 0.29) is 0 Å². The maximum absolute atomic E-state index is 5.65. The molecule has 0 radical (unpaired) electrons. The van der Waals surface area contributed by atoms with Gasteiger partial charge in [0.2, 0.25) is 5.88 Å². The third-order valence-corrected chi connectivity index (χ3v) is 2.85. The van der Waals surface area contributed by atoms with Crippen LogP contribution in [0.2, 0.25) is 0 Å². The SMILES string of the molecule is C=CCOc1ccccc1CNc1cccnc1OCC. The molecule has 4 heteroatoms. The Labute approximate surface area is 125 Å². The molecule has 0 amide bonds. The van der Waals surface area contributed by atoms with Crippen molar-refractivity contribution in [1.29, 1.82) is 0 Å². The Bertz CT molecular complexity index is 585. The third kappa shape index (κ3) is 4.24. The highest BCUT2D eigenvalue weighted by Gasteiger charge is 2.06. The Morgan fingerprint density at radius 1 is 1.19 bits per heavy atom. The van der Waals surface area contributed by atoms with Crippen LogP contribution in [0.25, 0.3) is 0 Å². The average molecular weight is 284 g/mol. The Balaban J connectivity index is 2.08. The summed E-state index contributed by atoms with van der Waals surface area (Å²) in [5, 5.41) is 3.34. The number of para-hydroxylation sites is 1. The summed E-state index contributed by atoms with van der Waals surface area (Å²) in [6, 6.07) is 11.8. The molecule has 21 heavy (non-hydrogen) atoms. The summed E-state index contributed by atoms with van der Waals surface area (Å²) in [6.07, 6.45) is 3.45. The number of pyridine rings is 1. The monoisotopic (exact) mass is 284 g/mol. The Morgan fingerprint density at radius 3 is 2.86 bits per heavy atom. The van der Waals surface area contributed by atoms with Gasteiger partial charge in [-0.2, -0.15) is 0 Å². The van der Waals surface area contributed by atoms with Gasteiger partial charge in [-0.15, -0.1) is 0 Å². The van der Waals surface area contributed by atoms with Crippen molar-refractivity contribution in [3.05, 3.63) is 60.8 Å². The van der Waals surface area contributed by atoms with Crippen LogP contribution in [0.5, 0.6) is 11.6 Å². The zero-order chi connectivity index (χ0) is 14.9. The molecule has 0 saturated carbocycles. The van der Waals surface area contributed by atoms with Crippen LogP contribution in [0.15, 0.2) is 55.3 Å². The maximum atomic E-state index is 5.65. The molecule has 0 unspecified atom stereocenters. The summed E-state index contributed by atoms with van der Waals surface area (Å²) in [5.41, 5.74) is 1.95. The van der Waals surface area contributed by atoms with Gasteiger partial charge < -0.3 is 14.8 Å². The fraction of sp³-hybridized carbons (Fsp3) is 0.235. The maximum Gasteiger partial charge on any atom is 0.237 e. The van der Waals surface area contributed by atoms with E-state index in [4.69, 9.17) is 9.47 Å². The quantitative estimate of drug-likeness (QED) is 0.751. The van der Waals surface area contributed by atoms with Crippen LogP contribution in [-0.4, -0.2) is 18.2 Å². The first-order chi connectivity index (χ1) is 10.3. The first-order valence-electron chi connectivity index (χ1n) is 6.98. The predicted octanol–water partition coefficient (Wildman–Crippen LogP) is 3.66. The predicted molar refractivity (Wildman–Crippen MR) is 84.9 cm³/mol. The van der Waals surface area contributed by atoms with Gasteiger partial charge in [0, 0.05) is 18.3 Å². The second-order valence-corrected chi connectivity index (χ2v) is 4.35. The first-order valence-corrected chi connectivity index (χ1v) is 6.98. The molecular formula is C17H20N2O2. The number of anilines is 1. The number of ether oxygens (including phenoxy) is 2. The van der Waals surface area contributed by atoms with Gasteiger partial charge in [-0.25, -0.2) is 4.98 Å². The number of hydrogen-bond acceptors (Lipinski definition) is 4. The third-order valence-electron chi connectivity index (χ3n) is 2.85. The van der Waals surface area contributed by atoms with Crippen molar-refractivity contribution in [3.8, 4) is 11.6 Å². The van der Waals surface area contributed by atoms with Crippen LogP contribution < -0.4 is 14.8 Å². The van der Waals surface area contributed by atoms with Gasteiger partial charge in [0.15, 0.2) is 0 Å². The highest BCUT2D eigenvalue weighted by atomic mass is 16.5. The van der Waals surface area contributed by atoms with E-state index in [1.807, 2.05) is 43.3 Å².